The minimum absolute atomic E-state index is 0.208. The van der Waals surface area contributed by atoms with E-state index in [2.05, 4.69) is 29.2 Å². The number of rotatable bonds is 3. The summed E-state index contributed by atoms with van der Waals surface area (Å²) in [6.07, 6.45) is 5.39. The minimum atomic E-state index is 0.208. The van der Waals surface area contributed by atoms with E-state index in [-0.39, 0.29) is 6.10 Å². The first-order chi connectivity index (χ1) is 9.33. The molecule has 3 rings (SSSR count). The Labute approximate surface area is 113 Å². The van der Waals surface area contributed by atoms with Crippen LogP contribution in [0.25, 0.3) is 0 Å². The molecular formula is C16H18N2O. The van der Waals surface area contributed by atoms with Crippen molar-refractivity contribution in [2.24, 2.45) is 0 Å². The molecule has 0 bridgehead atoms. The highest BCUT2D eigenvalue weighted by atomic mass is 16.5. The highest BCUT2D eigenvalue weighted by Crippen LogP contribution is 2.32. The van der Waals surface area contributed by atoms with Gasteiger partial charge in [0, 0.05) is 6.20 Å². The first kappa shape index (κ1) is 12.2. The minimum Gasteiger partial charge on any atom is -0.384 e. The fourth-order valence-corrected chi connectivity index (χ4v) is 2.66. The number of nitrogen functional groups attached to an aromatic ring is 1. The average molecular weight is 254 g/mol. The Kier molecular flexibility index (Phi) is 3.47. The lowest BCUT2D eigenvalue weighted by Gasteiger charge is -2.25. The molecule has 98 valence electrons. The molecule has 0 fully saturated rings. The van der Waals surface area contributed by atoms with Gasteiger partial charge in [-0.1, -0.05) is 24.3 Å². The van der Waals surface area contributed by atoms with E-state index in [1.807, 2.05) is 12.1 Å². The molecule has 0 saturated heterocycles. The fraction of sp³-hybridized carbons (Fsp3) is 0.312. The quantitative estimate of drug-likeness (QED) is 0.914. The molecule has 0 saturated carbocycles. The second kappa shape index (κ2) is 5.41. The van der Waals surface area contributed by atoms with Crippen molar-refractivity contribution in [2.75, 3.05) is 5.73 Å². The summed E-state index contributed by atoms with van der Waals surface area (Å²) >= 11 is 0. The summed E-state index contributed by atoms with van der Waals surface area (Å²) in [6.45, 7) is 0.589. The molecule has 1 aromatic heterocycles. The molecule has 2 N–H and O–H groups in total. The summed E-state index contributed by atoms with van der Waals surface area (Å²) in [7, 11) is 0. The molecular weight excluding hydrogens is 236 g/mol. The predicted molar refractivity (Wildman–Crippen MR) is 75.6 cm³/mol. The molecule has 0 amide bonds. The molecule has 3 heteroatoms. The van der Waals surface area contributed by atoms with Crippen molar-refractivity contribution >= 4 is 5.82 Å². The summed E-state index contributed by atoms with van der Waals surface area (Å²) in [6, 6.07) is 12.4. The molecule has 3 nitrogen and oxygen atoms in total. The van der Waals surface area contributed by atoms with Crippen LogP contribution >= 0.6 is 0 Å². The van der Waals surface area contributed by atoms with Gasteiger partial charge in [-0.05, 0) is 48.1 Å². The van der Waals surface area contributed by atoms with Gasteiger partial charge in [-0.25, -0.2) is 4.98 Å². The maximum Gasteiger partial charge on any atom is 0.123 e. The Balaban J connectivity index is 1.71. The third-order valence-corrected chi connectivity index (χ3v) is 3.61. The zero-order valence-corrected chi connectivity index (χ0v) is 10.9. The number of nitrogens with zero attached hydrogens (tertiary/aromatic N) is 1. The molecule has 1 atom stereocenters. The van der Waals surface area contributed by atoms with Gasteiger partial charge in [-0.3, -0.25) is 0 Å². The van der Waals surface area contributed by atoms with Gasteiger partial charge in [-0.15, -0.1) is 0 Å². The number of benzene rings is 1. The predicted octanol–water partition coefficient (Wildman–Crippen LogP) is 3.26. The molecule has 0 radical (unpaired) electrons. The molecule has 0 aliphatic heterocycles. The largest absolute Gasteiger partial charge is 0.384 e. The molecule has 1 heterocycles. The number of anilines is 1. The van der Waals surface area contributed by atoms with Gasteiger partial charge in [-0.2, -0.15) is 0 Å². The van der Waals surface area contributed by atoms with E-state index in [0.29, 0.717) is 12.4 Å². The van der Waals surface area contributed by atoms with E-state index < -0.39 is 0 Å². The SMILES string of the molecule is Nc1cc(COC2CCCc3ccccc32)ccn1. The van der Waals surface area contributed by atoms with E-state index >= 15 is 0 Å². The van der Waals surface area contributed by atoms with Gasteiger partial charge in [0.1, 0.15) is 5.82 Å². The number of fused-ring (bicyclic) bond motifs is 1. The lowest BCUT2D eigenvalue weighted by atomic mass is 9.89. The van der Waals surface area contributed by atoms with Crippen LogP contribution in [0.3, 0.4) is 0 Å². The zero-order valence-electron chi connectivity index (χ0n) is 10.9. The molecule has 1 unspecified atom stereocenters. The van der Waals surface area contributed by atoms with Gasteiger partial charge >= 0.3 is 0 Å². The van der Waals surface area contributed by atoms with Crippen molar-refractivity contribution in [1.82, 2.24) is 4.98 Å². The van der Waals surface area contributed by atoms with E-state index in [9.17, 15) is 0 Å². The molecule has 1 aliphatic rings. The highest BCUT2D eigenvalue weighted by molar-refractivity contribution is 5.32. The van der Waals surface area contributed by atoms with Crippen molar-refractivity contribution in [3.8, 4) is 0 Å². The molecule has 2 aromatic rings. The molecule has 1 aliphatic carbocycles. The fourth-order valence-electron chi connectivity index (χ4n) is 2.66. The van der Waals surface area contributed by atoms with Gasteiger partial charge in [0.05, 0.1) is 12.7 Å². The molecule has 1 aromatic carbocycles. The Morgan fingerprint density at radius 2 is 2.16 bits per heavy atom. The Morgan fingerprint density at radius 3 is 3.05 bits per heavy atom. The van der Waals surface area contributed by atoms with Crippen molar-refractivity contribution in [3.63, 3.8) is 0 Å². The number of pyridine rings is 1. The first-order valence-electron chi connectivity index (χ1n) is 6.73. The molecule has 0 spiro atoms. The van der Waals surface area contributed by atoms with Crippen LogP contribution in [0.2, 0.25) is 0 Å². The van der Waals surface area contributed by atoms with Crippen molar-refractivity contribution in [3.05, 3.63) is 59.3 Å². The van der Waals surface area contributed by atoms with Crippen LogP contribution < -0.4 is 5.73 Å². The summed E-state index contributed by atoms with van der Waals surface area (Å²) in [4.78, 5) is 3.99. The third kappa shape index (κ3) is 2.76. The molecule has 19 heavy (non-hydrogen) atoms. The standard InChI is InChI=1S/C16H18N2O/c17-16-10-12(8-9-18-16)11-19-15-7-3-5-13-4-1-2-6-14(13)15/h1-2,4,6,8-10,15H,3,5,7,11H2,(H2,17,18). The Morgan fingerprint density at radius 1 is 1.26 bits per heavy atom. The van der Waals surface area contributed by atoms with E-state index in [4.69, 9.17) is 10.5 Å². The summed E-state index contributed by atoms with van der Waals surface area (Å²) in [5, 5.41) is 0. The highest BCUT2D eigenvalue weighted by Gasteiger charge is 2.20. The zero-order chi connectivity index (χ0) is 13.1. The number of hydrogen-bond donors (Lipinski definition) is 1. The van der Waals surface area contributed by atoms with Gasteiger partial charge in [0.2, 0.25) is 0 Å². The van der Waals surface area contributed by atoms with Crippen LogP contribution in [0.1, 0.15) is 35.6 Å². The third-order valence-electron chi connectivity index (χ3n) is 3.61. The normalized spacial score (nSPS) is 18.0. The monoisotopic (exact) mass is 254 g/mol. The Hall–Kier alpha value is -1.87. The lowest BCUT2D eigenvalue weighted by Crippen LogP contribution is -2.12. The Bertz CT molecular complexity index is 568. The van der Waals surface area contributed by atoms with Gasteiger partial charge in [0.15, 0.2) is 0 Å². The number of aryl methyl sites for hydroxylation is 1. The van der Waals surface area contributed by atoms with Gasteiger partial charge in [0.25, 0.3) is 0 Å². The maximum atomic E-state index is 6.07. The van der Waals surface area contributed by atoms with E-state index in [0.717, 1.165) is 18.4 Å². The first-order valence-corrected chi connectivity index (χ1v) is 6.73. The second-order valence-electron chi connectivity index (χ2n) is 4.98. The number of hydrogen-bond acceptors (Lipinski definition) is 3. The van der Waals surface area contributed by atoms with Crippen molar-refractivity contribution < 1.29 is 4.74 Å². The maximum absolute atomic E-state index is 6.07. The van der Waals surface area contributed by atoms with Crippen LogP contribution in [0.5, 0.6) is 0 Å². The smallest absolute Gasteiger partial charge is 0.123 e. The van der Waals surface area contributed by atoms with Gasteiger partial charge < -0.3 is 10.5 Å². The summed E-state index contributed by atoms with van der Waals surface area (Å²) in [5.74, 6) is 0.546. The summed E-state index contributed by atoms with van der Waals surface area (Å²) < 4.78 is 6.07. The average Bonchev–Trinajstić information content (AvgIpc) is 2.45. The van der Waals surface area contributed by atoms with Crippen molar-refractivity contribution in [1.29, 1.82) is 0 Å². The second-order valence-corrected chi connectivity index (χ2v) is 4.98. The van der Waals surface area contributed by atoms with Crippen LogP contribution in [0.4, 0.5) is 5.82 Å². The topological polar surface area (TPSA) is 48.1 Å². The number of aromatic nitrogens is 1. The van der Waals surface area contributed by atoms with E-state index in [1.165, 1.54) is 17.5 Å². The van der Waals surface area contributed by atoms with Crippen LogP contribution in [-0.4, -0.2) is 4.98 Å². The van der Waals surface area contributed by atoms with Crippen molar-refractivity contribution in [2.45, 2.75) is 32.0 Å². The number of ether oxygens (including phenoxy) is 1. The summed E-state index contributed by atoms with van der Waals surface area (Å²) in [5.41, 5.74) is 9.52. The van der Waals surface area contributed by atoms with Crippen LogP contribution in [0, 0.1) is 0 Å². The van der Waals surface area contributed by atoms with E-state index in [1.54, 1.807) is 6.20 Å². The van der Waals surface area contributed by atoms with Crippen LogP contribution in [-0.2, 0) is 17.8 Å². The lowest BCUT2D eigenvalue weighted by molar-refractivity contribution is 0.0282. The van der Waals surface area contributed by atoms with Crippen LogP contribution in [0.15, 0.2) is 42.6 Å². The number of nitrogens with two attached hydrogens (primary N) is 1.